The van der Waals surface area contributed by atoms with Crippen molar-refractivity contribution in [2.75, 3.05) is 7.05 Å². The van der Waals surface area contributed by atoms with Crippen molar-refractivity contribution in [1.82, 2.24) is 29.9 Å². The van der Waals surface area contributed by atoms with Crippen molar-refractivity contribution in [3.63, 3.8) is 0 Å². The molecule has 0 fully saturated rings. The van der Waals surface area contributed by atoms with Crippen molar-refractivity contribution >= 4 is 0 Å². The summed E-state index contributed by atoms with van der Waals surface area (Å²) >= 11 is 0. The van der Waals surface area contributed by atoms with E-state index >= 15 is 0 Å². The smallest absolute Gasteiger partial charge is 0.148 e. The molecule has 92 valence electrons. The molecule has 0 amide bonds. The van der Waals surface area contributed by atoms with Crippen LogP contribution in [0.4, 0.5) is 0 Å². The van der Waals surface area contributed by atoms with Gasteiger partial charge in [0.15, 0.2) is 0 Å². The highest BCUT2D eigenvalue weighted by Gasteiger charge is 2.21. The van der Waals surface area contributed by atoms with Gasteiger partial charge in [0.25, 0.3) is 0 Å². The number of aryl methyl sites for hydroxylation is 3. The van der Waals surface area contributed by atoms with Gasteiger partial charge < -0.3 is 5.32 Å². The Kier molecular flexibility index (Phi) is 3.23. The van der Waals surface area contributed by atoms with E-state index in [1.165, 1.54) is 0 Å². The zero-order valence-electron chi connectivity index (χ0n) is 10.7. The maximum absolute atomic E-state index is 4.46. The predicted molar refractivity (Wildman–Crippen MR) is 64.5 cm³/mol. The highest BCUT2D eigenvalue weighted by molar-refractivity contribution is 5.26. The summed E-state index contributed by atoms with van der Waals surface area (Å²) < 4.78 is 3.63. The van der Waals surface area contributed by atoms with Crippen LogP contribution in [0, 0.1) is 0 Å². The molecule has 0 spiro atoms. The Morgan fingerprint density at radius 3 is 2.71 bits per heavy atom. The molecule has 0 saturated heterocycles. The molecule has 0 aliphatic rings. The monoisotopic (exact) mass is 234 g/mol. The molecule has 17 heavy (non-hydrogen) atoms. The van der Waals surface area contributed by atoms with E-state index in [0.29, 0.717) is 0 Å². The third-order valence-electron chi connectivity index (χ3n) is 2.88. The van der Waals surface area contributed by atoms with Gasteiger partial charge in [0.2, 0.25) is 0 Å². The summed E-state index contributed by atoms with van der Waals surface area (Å²) in [6.45, 7) is 2.11. The lowest BCUT2D eigenvalue weighted by Crippen LogP contribution is -2.22. The molecule has 6 nitrogen and oxygen atoms in total. The lowest BCUT2D eigenvalue weighted by atomic mass is 10.1. The molecule has 2 aromatic rings. The third-order valence-corrected chi connectivity index (χ3v) is 2.88. The van der Waals surface area contributed by atoms with E-state index < -0.39 is 0 Å². The molecule has 2 aromatic heterocycles. The minimum Gasteiger partial charge on any atom is -0.307 e. The van der Waals surface area contributed by atoms with Crippen LogP contribution in [-0.2, 0) is 20.5 Å². The van der Waals surface area contributed by atoms with Crippen molar-refractivity contribution in [1.29, 1.82) is 0 Å². The molecular weight excluding hydrogens is 216 g/mol. The molecular formula is C11H18N6. The third kappa shape index (κ3) is 2.08. The van der Waals surface area contributed by atoms with E-state index in [-0.39, 0.29) is 6.04 Å². The Bertz CT molecular complexity index is 498. The second-order valence-corrected chi connectivity index (χ2v) is 4.02. The summed E-state index contributed by atoms with van der Waals surface area (Å²) in [7, 11) is 5.76. The maximum atomic E-state index is 4.46. The van der Waals surface area contributed by atoms with E-state index in [1.807, 2.05) is 32.0 Å². The van der Waals surface area contributed by atoms with Gasteiger partial charge in [0, 0.05) is 25.9 Å². The number of hydrogen-bond acceptors (Lipinski definition) is 4. The van der Waals surface area contributed by atoms with Crippen LogP contribution in [-0.4, -0.2) is 31.6 Å². The zero-order chi connectivity index (χ0) is 12.4. The van der Waals surface area contributed by atoms with Crippen LogP contribution in [0.1, 0.15) is 30.0 Å². The Morgan fingerprint density at radius 1 is 1.41 bits per heavy atom. The number of nitrogens with zero attached hydrogens (tertiary/aromatic N) is 5. The maximum Gasteiger partial charge on any atom is 0.148 e. The van der Waals surface area contributed by atoms with Crippen LogP contribution in [0.25, 0.3) is 0 Å². The van der Waals surface area contributed by atoms with Crippen LogP contribution in [0.3, 0.4) is 0 Å². The Hall–Kier alpha value is -1.69. The van der Waals surface area contributed by atoms with Gasteiger partial charge >= 0.3 is 0 Å². The summed E-state index contributed by atoms with van der Waals surface area (Å²) in [6.07, 6.45) is 4.52. The largest absolute Gasteiger partial charge is 0.307 e. The topological polar surface area (TPSA) is 60.6 Å². The fourth-order valence-electron chi connectivity index (χ4n) is 2.06. The Labute approximate surface area is 101 Å². The van der Waals surface area contributed by atoms with Gasteiger partial charge in [-0.25, -0.2) is 4.98 Å². The molecule has 1 unspecified atom stereocenters. The molecule has 6 heteroatoms. The van der Waals surface area contributed by atoms with Crippen molar-refractivity contribution in [3.05, 3.63) is 29.6 Å². The van der Waals surface area contributed by atoms with E-state index in [1.54, 1.807) is 11.0 Å². The minimum atomic E-state index is 0.0335. The summed E-state index contributed by atoms with van der Waals surface area (Å²) in [5.74, 6) is 0.898. The fraction of sp³-hybridized carbons (Fsp3) is 0.545. The molecule has 0 aromatic carbocycles. The highest BCUT2D eigenvalue weighted by atomic mass is 15.3. The summed E-state index contributed by atoms with van der Waals surface area (Å²) in [5.41, 5.74) is 2.25. The van der Waals surface area contributed by atoms with Crippen molar-refractivity contribution in [2.45, 2.75) is 19.4 Å². The van der Waals surface area contributed by atoms with Gasteiger partial charge in [0.05, 0.1) is 11.7 Å². The second-order valence-electron chi connectivity index (χ2n) is 4.02. The predicted octanol–water partition coefficient (Wildman–Crippen LogP) is 0.420. The molecule has 0 radical (unpaired) electrons. The lowest BCUT2D eigenvalue weighted by Gasteiger charge is -2.14. The molecule has 0 aliphatic carbocycles. The van der Waals surface area contributed by atoms with E-state index in [2.05, 4.69) is 27.4 Å². The summed E-state index contributed by atoms with van der Waals surface area (Å²) in [4.78, 5) is 4.30. The number of hydrogen-bond donors (Lipinski definition) is 1. The van der Waals surface area contributed by atoms with Crippen LogP contribution < -0.4 is 5.32 Å². The number of aromatic nitrogens is 5. The van der Waals surface area contributed by atoms with Gasteiger partial charge in [-0.2, -0.15) is 10.2 Å². The Balaban J connectivity index is 2.45. The standard InChI is InChI=1S/C11H18N6/c1-5-9-8(6-16(3)15-9)10(12-2)11-13-7-14-17(11)4/h6-7,10,12H,5H2,1-4H3. The molecule has 0 aliphatic heterocycles. The second kappa shape index (κ2) is 4.67. The highest BCUT2D eigenvalue weighted by Crippen LogP contribution is 2.22. The van der Waals surface area contributed by atoms with E-state index in [0.717, 1.165) is 23.5 Å². The van der Waals surface area contributed by atoms with E-state index in [4.69, 9.17) is 0 Å². The van der Waals surface area contributed by atoms with Gasteiger partial charge in [0.1, 0.15) is 12.2 Å². The van der Waals surface area contributed by atoms with Gasteiger partial charge in [-0.3, -0.25) is 9.36 Å². The number of nitrogens with one attached hydrogen (secondary N) is 1. The fourth-order valence-corrected chi connectivity index (χ4v) is 2.06. The average molecular weight is 234 g/mol. The van der Waals surface area contributed by atoms with Crippen molar-refractivity contribution in [2.24, 2.45) is 14.1 Å². The van der Waals surface area contributed by atoms with Gasteiger partial charge in [-0.1, -0.05) is 6.92 Å². The molecule has 2 rings (SSSR count). The first-order chi connectivity index (χ1) is 8.17. The van der Waals surface area contributed by atoms with Crippen LogP contribution >= 0.6 is 0 Å². The quantitative estimate of drug-likeness (QED) is 0.833. The first kappa shape index (κ1) is 11.8. The lowest BCUT2D eigenvalue weighted by molar-refractivity contribution is 0.587. The van der Waals surface area contributed by atoms with Crippen molar-refractivity contribution < 1.29 is 0 Å². The van der Waals surface area contributed by atoms with Crippen LogP contribution in [0.15, 0.2) is 12.5 Å². The zero-order valence-corrected chi connectivity index (χ0v) is 10.7. The van der Waals surface area contributed by atoms with Gasteiger partial charge in [-0.05, 0) is 13.5 Å². The normalized spacial score (nSPS) is 12.9. The number of rotatable bonds is 4. The Morgan fingerprint density at radius 2 is 2.18 bits per heavy atom. The molecule has 2 heterocycles. The minimum absolute atomic E-state index is 0.0335. The first-order valence-electron chi connectivity index (χ1n) is 5.71. The summed E-state index contributed by atoms with van der Waals surface area (Å²) in [5, 5.41) is 11.8. The summed E-state index contributed by atoms with van der Waals surface area (Å²) in [6, 6.07) is 0.0335. The molecule has 0 saturated carbocycles. The van der Waals surface area contributed by atoms with Crippen molar-refractivity contribution in [3.8, 4) is 0 Å². The van der Waals surface area contributed by atoms with Crippen LogP contribution in [0.5, 0.6) is 0 Å². The molecule has 1 N–H and O–H groups in total. The average Bonchev–Trinajstić information content (AvgIpc) is 2.88. The molecule has 1 atom stereocenters. The first-order valence-corrected chi connectivity index (χ1v) is 5.71. The molecule has 0 bridgehead atoms. The van der Waals surface area contributed by atoms with Crippen LogP contribution in [0.2, 0.25) is 0 Å². The van der Waals surface area contributed by atoms with Gasteiger partial charge in [-0.15, -0.1) is 0 Å². The SMILES string of the molecule is CCc1nn(C)cc1C(NC)c1ncnn1C. The van der Waals surface area contributed by atoms with E-state index in [9.17, 15) is 0 Å².